The molecule has 82 valence electrons. The number of anilines is 4. The molecule has 5 heteroatoms. The zero-order chi connectivity index (χ0) is 11.0. The van der Waals surface area contributed by atoms with Crippen molar-refractivity contribution in [1.82, 2.24) is 0 Å². The Balaban J connectivity index is 2.55. The fraction of sp³-hybridized carbons (Fsp3) is 0.400. The molecule has 6 N–H and O–H groups in total. The molecule has 1 aromatic rings. The summed E-state index contributed by atoms with van der Waals surface area (Å²) in [6.07, 6.45) is 0. The predicted molar refractivity (Wildman–Crippen MR) is 63.4 cm³/mol. The molecular formula is C10H16N4O. The van der Waals surface area contributed by atoms with Gasteiger partial charge in [-0.1, -0.05) is 0 Å². The van der Waals surface area contributed by atoms with Gasteiger partial charge in [0.15, 0.2) is 0 Å². The monoisotopic (exact) mass is 208 g/mol. The number of methoxy groups -OCH3 is 1. The second-order valence-electron chi connectivity index (χ2n) is 3.76. The molecule has 1 aromatic carbocycles. The van der Waals surface area contributed by atoms with E-state index in [4.69, 9.17) is 16.2 Å². The van der Waals surface area contributed by atoms with Crippen molar-refractivity contribution in [2.75, 3.05) is 35.8 Å². The van der Waals surface area contributed by atoms with Gasteiger partial charge >= 0.3 is 0 Å². The van der Waals surface area contributed by atoms with E-state index < -0.39 is 0 Å². The highest BCUT2D eigenvalue weighted by Crippen LogP contribution is 2.42. The van der Waals surface area contributed by atoms with Crippen molar-refractivity contribution in [3.05, 3.63) is 6.07 Å². The van der Waals surface area contributed by atoms with Crippen LogP contribution in [0.3, 0.4) is 0 Å². The lowest BCUT2D eigenvalue weighted by Crippen LogP contribution is -2.31. The van der Waals surface area contributed by atoms with Gasteiger partial charge in [-0.05, 0) is 6.92 Å². The molecule has 1 atom stereocenters. The second-order valence-corrected chi connectivity index (χ2v) is 3.76. The van der Waals surface area contributed by atoms with Crippen molar-refractivity contribution >= 4 is 22.7 Å². The maximum atomic E-state index is 5.96. The summed E-state index contributed by atoms with van der Waals surface area (Å²) < 4.78 is 5.15. The lowest BCUT2D eigenvalue weighted by molar-refractivity contribution is 0.417. The lowest BCUT2D eigenvalue weighted by atomic mass is 10.1. The quantitative estimate of drug-likeness (QED) is 0.519. The fourth-order valence-electron chi connectivity index (χ4n) is 1.76. The zero-order valence-corrected chi connectivity index (χ0v) is 8.92. The Morgan fingerprint density at radius 3 is 2.80 bits per heavy atom. The van der Waals surface area contributed by atoms with Crippen LogP contribution in [0, 0.1) is 0 Å². The smallest absolute Gasteiger partial charge is 0.146 e. The van der Waals surface area contributed by atoms with E-state index in [2.05, 4.69) is 17.6 Å². The number of nitrogens with two attached hydrogens (primary N) is 2. The molecule has 1 aliphatic rings. The van der Waals surface area contributed by atoms with Gasteiger partial charge in [0.05, 0.1) is 29.9 Å². The van der Waals surface area contributed by atoms with E-state index in [-0.39, 0.29) is 0 Å². The first-order chi connectivity index (χ1) is 7.13. The van der Waals surface area contributed by atoms with Gasteiger partial charge in [0.1, 0.15) is 5.75 Å². The van der Waals surface area contributed by atoms with E-state index in [1.165, 1.54) is 0 Å². The Labute approximate surface area is 88.8 Å². The third kappa shape index (κ3) is 1.49. The average molecular weight is 208 g/mol. The molecule has 0 saturated heterocycles. The minimum Gasteiger partial charge on any atom is -0.494 e. The van der Waals surface area contributed by atoms with Crippen LogP contribution in [0.2, 0.25) is 0 Å². The number of nitrogens with one attached hydrogen (secondary N) is 2. The third-order valence-corrected chi connectivity index (χ3v) is 2.56. The van der Waals surface area contributed by atoms with Crippen LogP contribution in [0.5, 0.6) is 5.75 Å². The minimum absolute atomic E-state index is 0.325. The van der Waals surface area contributed by atoms with E-state index >= 15 is 0 Å². The molecule has 0 aromatic heterocycles. The van der Waals surface area contributed by atoms with Crippen molar-refractivity contribution in [2.24, 2.45) is 0 Å². The zero-order valence-electron chi connectivity index (χ0n) is 8.92. The molecule has 1 heterocycles. The molecule has 0 spiro atoms. The molecule has 1 aliphatic heterocycles. The number of nitrogen functional groups attached to an aromatic ring is 2. The van der Waals surface area contributed by atoms with Gasteiger partial charge in [-0.25, -0.2) is 0 Å². The highest BCUT2D eigenvalue weighted by molar-refractivity contribution is 5.94. The molecule has 0 amide bonds. The lowest BCUT2D eigenvalue weighted by Gasteiger charge is -2.28. The Morgan fingerprint density at radius 1 is 1.40 bits per heavy atom. The molecule has 0 aliphatic carbocycles. The van der Waals surface area contributed by atoms with Gasteiger partial charge in [-0.2, -0.15) is 0 Å². The summed E-state index contributed by atoms with van der Waals surface area (Å²) in [7, 11) is 1.58. The summed E-state index contributed by atoms with van der Waals surface area (Å²) in [5, 5.41) is 6.55. The average Bonchev–Trinajstić information content (AvgIpc) is 2.23. The largest absolute Gasteiger partial charge is 0.494 e. The van der Waals surface area contributed by atoms with E-state index in [0.29, 0.717) is 23.2 Å². The maximum absolute atomic E-state index is 5.96. The molecule has 0 bridgehead atoms. The molecule has 5 nitrogen and oxygen atoms in total. The fourth-order valence-corrected chi connectivity index (χ4v) is 1.76. The van der Waals surface area contributed by atoms with Crippen LogP contribution in [0.4, 0.5) is 22.7 Å². The second kappa shape index (κ2) is 3.42. The van der Waals surface area contributed by atoms with E-state index in [1.54, 1.807) is 13.2 Å². The van der Waals surface area contributed by atoms with Gasteiger partial charge in [0.2, 0.25) is 0 Å². The number of hydrogen-bond acceptors (Lipinski definition) is 5. The van der Waals surface area contributed by atoms with Crippen molar-refractivity contribution in [3.63, 3.8) is 0 Å². The number of benzene rings is 1. The van der Waals surface area contributed by atoms with Gasteiger partial charge in [0, 0.05) is 18.7 Å². The van der Waals surface area contributed by atoms with Crippen molar-refractivity contribution in [2.45, 2.75) is 13.0 Å². The van der Waals surface area contributed by atoms with E-state index in [0.717, 1.165) is 17.9 Å². The van der Waals surface area contributed by atoms with Crippen molar-refractivity contribution < 1.29 is 4.74 Å². The van der Waals surface area contributed by atoms with Crippen molar-refractivity contribution in [3.8, 4) is 5.75 Å². The first kappa shape index (κ1) is 9.76. The van der Waals surface area contributed by atoms with E-state index in [9.17, 15) is 0 Å². The van der Waals surface area contributed by atoms with Crippen LogP contribution in [-0.4, -0.2) is 19.7 Å². The molecule has 0 radical (unpaired) electrons. The topological polar surface area (TPSA) is 85.3 Å². The van der Waals surface area contributed by atoms with Crippen LogP contribution in [0.1, 0.15) is 6.92 Å². The van der Waals surface area contributed by atoms with Crippen LogP contribution in [-0.2, 0) is 0 Å². The molecule has 0 fully saturated rings. The van der Waals surface area contributed by atoms with Gasteiger partial charge in [-0.3, -0.25) is 0 Å². The molecule has 0 saturated carbocycles. The minimum atomic E-state index is 0.325. The van der Waals surface area contributed by atoms with Crippen LogP contribution in [0.15, 0.2) is 6.07 Å². The highest BCUT2D eigenvalue weighted by Gasteiger charge is 2.20. The number of hydrogen-bond donors (Lipinski definition) is 4. The molecular weight excluding hydrogens is 192 g/mol. The summed E-state index contributed by atoms with van der Waals surface area (Å²) in [6.45, 7) is 2.91. The van der Waals surface area contributed by atoms with Gasteiger partial charge in [-0.15, -0.1) is 0 Å². The van der Waals surface area contributed by atoms with Gasteiger partial charge < -0.3 is 26.8 Å². The Kier molecular flexibility index (Phi) is 2.22. The predicted octanol–water partition coefficient (Wildman–Crippen LogP) is 1.09. The molecule has 15 heavy (non-hydrogen) atoms. The Hall–Kier alpha value is -1.78. The summed E-state index contributed by atoms with van der Waals surface area (Å²) >= 11 is 0. The molecule has 1 unspecified atom stereocenters. The summed E-state index contributed by atoms with van der Waals surface area (Å²) in [6, 6.07) is 2.06. The van der Waals surface area contributed by atoms with Crippen LogP contribution >= 0.6 is 0 Å². The maximum Gasteiger partial charge on any atom is 0.146 e. The number of rotatable bonds is 1. The Morgan fingerprint density at radius 2 is 2.13 bits per heavy atom. The SMILES string of the molecule is COc1cc(N)c2c(c1N)NC(C)CN2. The Bertz CT molecular complexity index is 391. The first-order valence-electron chi connectivity index (χ1n) is 4.89. The third-order valence-electron chi connectivity index (χ3n) is 2.56. The van der Waals surface area contributed by atoms with Crippen molar-refractivity contribution in [1.29, 1.82) is 0 Å². The van der Waals surface area contributed by atoms with Crippen LogP contribution in [0.25, 0.3) is 0 Å². The number of fused-ring (bicyclic) bond motifs is 1. The summed E-state index contributed by atoms with van der Waals surface area (Å²) in [5.74, 6) is 0.606. The normalized spacial score (nSPS) is 18.7. The molecule has 2 rings (SSSR count). The standard InChI is InChI=1S/C10H16N4O/c1-5-4-13-9-6(11)3-7(15-2)8(12)10(9)14-5/h3,5,13-14H,4,11-12H2,1-2H3. The number of ether oxygens (including phenoxy) is 1. The first-order valence-corrected chi connectivity index (χ1v) is 4.89. The van der Waals surface area contributed by atoms with Crippen LogP contribution < -0.4 is 26.8 Å². The van der Waals surface area contributed by atoms with E-state index in [1.807, 2.05) is 0 Å². The summed E-state index contributed by atoms with van der Waals surface area (Å²) in [4.78, 5) is 0. The highest BCUT2D eigenvalue weighted by atomic mass is 16.5. The summed E-state index contributed by atoms with van der Waals surface area (Å²) in [5.41, 5.74) is 14.8. The van der Waals surface area contributed by atoms with Gasteiger partial charge in [0.25, 0.3) is 0 Å².